The van der Waals surface area contributed by atoms with E-state index in [1.54, 1.807) is 11.3 Å². The minimum absolute atomic E-state index is 0.111. The second kappa shape index (κ2) is 4.70. The molecule has 2 aromatic rings. The lowest BCUT2D eigenvalue weighted by molar-refractivity contribution is 0.220. The van der Waals surface area contributed by atoms with Crippen LogP contribution in [-0.2, 0) is 6.42 Å². The summed E-state index contributed by atoms with van der Waals surface area (Å²) >= 11 is 3.61. The topological polar surface area (TPSA) is 22.1 Å². The largest absolute Gasteiger partial charge is 0.481 e. The summed E-state index contributed by atoms with van der Waals surface area (Å²) in [6.45, 7) is 2.16. The third kappa shape index (κ3) is 2.19. The summed E-state index contributed by atoms with van der Waals surface area (Å²) < 4.78 is 6.00. The normalized spacial score (nSPS) is 18.5. The Morgan fingerprint density at radius 1 is 1.41 bits per heavy atom. The first-order valence-corrected chi connectivity index (χ1v) is 7.50. The van der Waals surface area contributed by atoms with E-state index < -0.39 is 0 Å². The van der Waals surface area contributed by atoms with Gasteiger partial charge < -0.3 is 4.74 Å². The van der Waals surface area contributed by atoms with Crippen molar-refractivity contribution in [2.75, 3.05) is 5.75 Å². The lowest BCUT2D eigenvalue weighted by atomic mass is 10.3. The van der Waals surface area contributed by atoms with Gasteiger partial charge in [0, 0.05) is 21.7 Å². The minimum Gasteiger partial charge on any atom is -0.481 e. The summed E-state index contributed by atoms with van der Waals surface area (Å²) in [7, 11) is 0. The van der Waals surface area contributed by atoms with Crippen LogP contribution in [0.15, 0.2) is 35.4 Å². The maximum Gasteiger partial charge on any atom is 0.159 e. The van der Waals surface area contributed by atoms with Crippen LogP contribution in [-0.4, -0.2) is 10.7 Å². The molecule has 0 amide bonds. The van der Waals surface area contributed by atoms with Crippen LogP contribution in [0.2, 0.25) is 0 Å². The Morgan fingerprint density at radius 2 is 2.29 bits per heavy atom. The van der Waals surface area contributed by atoms with Crippen molar-refractivity contribution in [3.8, 4) is 5.75 Å². The van der Waals surface area contributed by atoms with Crippen molar-refractivity contribution in [1.82, 2.24) is 4.98 Å². The standard InChI is InChI=1S/C13H13NOS2/c1-2-9-7-14-13(17-9)11-8-16-12-6-4-3-5-10(12)15-11/h3-7,11H,2,8H2,1H3. The SMILES string of the molecule is CCc1cnc(C2CSc3ccccc3O2)s1. The highest BCUT2D eigenvalue weighted by Gasteiger charge is 2.23. The predicted octanol–water partition coefficient (Wildman–Crippen LogP) is 3.93. The lowest BCUT2D eigenvalue weighted by Crippen LogP contribution is -2.14. The Kier molecular flexibility index (Phi) is 3.07. The maximum absolute atomic E-state index is 6.00. The van der Waals surface area contributed by atoms with Gasteiger partial charge in [-0.15, -0.1) is 23.1 Å². The molecule has 0 N–H and O–H groups in total. The van der Waals surface area contributed by atoms with Gasteiger partial charge >= 0.3 is 0 Å². The highest BCUT2D eigenvalue weighted by molar-refractivity contribution is 7.99. The first-order valence-electron chi connectivity index (χ1n) is 5.70. The van der Waals surface area contributed by atoms with Gasteiger partial charge in [0.05, 0.1) is 0 Å². The Balaban J connectivity index is 1.84. The molecule has 0 radical (unpaired) electrons. The van der Waals surface area contributed by atoms with Crippen molar-refractivity contribution in [3.63, 3.8) is 0 Å². The number of hydrogen-bond donors (Lipinski definition) is 0. The van der Waals surface area contributed by atoms with Gasteiger partial charge in [0.2, 0.25) is 0 Å². The molecule has 3 rings (SSSR count). The minimum atomic E-state index is 0.111. The molecular weight excluding hydrogens is 250 g/mol. The summed E-state index contributed by atoms with van der Waals surface area (Å²) in [5, 5.41) is 1.10. The van der Waals surface area contributed by atoms with Gasteiger partial charge in [-0.05, 0) is 18.6 Å². The summed E-state index contributed by atoms with van der Waals surface area (Å²) in [6.07, 6.45) is 3.13. The number of ether oxygens (including phenoxy) is 1. The van der Waals surface area contributed by atoms with Gasteiger partial charge in [-0.3, -0.25) is 0 Å². The molecule has 1 aliphatic heterocycles. The fraction of sp³-hybridized carbons (Fsp3) is 0.308. The van der Waals surface area contributed by atoms with E-state index in [0.29, 0.717) is 0 Å². The van der Waals surface area contributed by atoms with Gasteiger partial charge in [-0.25, -0.2) is 4.98 Å². The Hall–Kier alpha value is -1.00. The average molecular weight is 263 g/mol. The zero-order valence-corrected chi connectivity index (χ0v) is 11.2. The molecule has 2 nitrogen and oxygen atoms in total. The van der Waals surface area contributed by atoms with Gasteiger partial charge in [-0.2, -0.15) is 0 Å². The monoisotopic (exact) mass is 263 g/mol. The zero-order valence-electron chi connectivity index (χ0n) is 9.55. The molecule has 1 aliphatic rings. The molecule has 0 spiro atoms. The Bertz CT molecular complexity index is 524. The van der Waals surface area contributed by atoms with Crippen LogP contribution in [0.1, 0.15) is 22.9 Å². The van der Waals surface area contributed by atoms with Crippen molar-refractivity contribution >= 4 is 23.1 Å². The molecule has 1 aromatic heterocycles. The van der Waals surface area contributed by atoms with Crippen LogP contribution < -0.4 is 4.74 Å². The average Bonchev–Trinajstić information content (AvgIpc) is 2.87. The van der Waals surface area contributed by atoms with Crippen molar-refractivity contribution in [1.29, 1.82) is 0 Å². The number of rotatable bonds is 2. The number of benzene rings is 1. The second-order valence-electron chi connectivity index (χ2n) is 3.88. The molecule has 4 heteroatoms. The van der Waals surface area contributed by atoms with Gasteiger partial charge in [0.1, 0.15) is 10.8 Å². The van der Waals surface area contributed by atoms with Crippen LogP contribution in [0.3, 0.4) is 0 Å². The first-order chi connectivity index (χ1) is 8.36. The number of para-hydroxylation sites is 1. The lowest BCUT2D eigenvalue weighted by Gasteiger charge is -2.23. The molecule has 0 aliphatic carbocycles. The van der Waals surface area contributed by atoms with E-state index in [0.717, 1.165) is 22.9 Å². The van der Waals surface area contributed by atoms with Gasteiger partial charge in [0.15, 0.2) is 6.10 Å². The number of aromatic nitrogens is 1. The summed E-state index contributed by atoms with van der Waals surface area (Å²) in [6, 6.07) is 8.20. The predicted molar refractivity (Wildman–Crippen MR) is 72.0 cm³/mol. The van der Waals surface area contributed by atoms with E-state index in [2.05, 4.69) is 18.0 Å². The number of hydrogen-bond acceptors (Lipinski definition) is 4. The number of nitrogens with zero attached hydrogens (tertiary/aromatic N) is 1. The highest BCUT2D eigenvalue weighted by Crippen LogP contribution is 2.40. The van der Waals surface area contributed by atoms with E-state index in [-0.39, 0.29) is 6.10 Å². The second-order valence-corrected chi connectivity index (χ2v) is 6.09. The molecule has 0 saturated heterocycles. The van der Waals surface area contributed by atoms with E-state index in [1.807, 2.05) is 36.2 Å². The van der Waals surface area contributed by atoms with Crippen molar-refractivity contribution in [3.05, 3.63) is 40.3 Å². The molecular formula is C13H13NOS2. The van der Waals surface area contributed by atoms with E-state index in [1.165, 1.54) is 9.77 Å². The molecule has 17 heavy (non-hydrogen) atoms. The maximum atomic E-state index is 6.00. The fourth-order valence-corrected chi connectivity index (χ4v) is 3.76. The highest BCUT2D eigenvalue weighted by atomic mass is 32.2. The van der Waals surface area contributed by atoms with E-state index in [4.69, 9.17) is 4.74 Å². The Morgan fingerprint density at radius 3 is 3.12 bits per heavy atom. The third-order valence-electron chi connectivity index (χ3n) is 2.70. The van der Waals surface area contributed by atoms with E-state index in [9.17, 15) is 0 Å². The van der Waals surface area contributed by atoms with Crippen molar-refractivity contribution in [2.24, 2.45) is 0 Å². The molecule has 2 heterocycles. The fourth-order valence-electron chi connectivity index (χ4n) is 1.78. The van der Waals surface area contributed by atoms with Crippen molar-refractivity contribution < 1.29 is 4.74 Å². The molecule has 1 unspecified atom stereocenters. The number of fused-ring (bicyclic) bond motifs is 1. The number of thiazole rings is 1. The summed E-state index contributed by atoms with van der Waals surface area (Å²) in [5.41, 5.74) is 0. The quantitative estimate of drug-likeness (QED) is 0.819. The molecule has 1 aromatic carbocycles. The molecule has 88 valence electrons. The smallest absolute Gasteiger partial charge is 0.159 e. The van der Waals surface area contributed by atoms with E-state index >= 15 is 0 Å². The van der Waals surface area contributed by atoms with Crippen LogP contribution >= 0.6 is 23.1 Å². The number of thioether (sulfide) groups is 1. The number of aryl methyl sites for hydroxylation is 1. The van der Waals surface area contributed by atoms with Crippen LogP contribution in [0.5, 0.6) is 5.75 Å². The van der Waals surface area contributed by atoms with Gasteiger partial charge in [0.25, 0.3) is 0 Å². The van der Waals surface area contributed by atoms with Crippen LogP contribution in [0.25, 0.3) is 0 Å². The molecule has 0 bridgehead atoms. The summed E-state index contributed by atoms with van der Waals surface area (Å²) in [4.78, 5) is 7.02. The Labute approximate surface area is 109 Å². The van der Waals surface area contributed by atoms with Gasteiger partial charge in [-0.1, -0.05) is 19.1 Å². The summed E-state index contributed by atoms with van der Waals surface area (Å²) in [5.74, 6) is 1.94. The third-order valence-corrected chi connectivity index (χ3v) is 5.06. The van der Waals surface area contributed by atoms with Crippen LogP contribution in [0.4, 0.5) is 0 Å². The van der Waals surface area contributed by atoms with Crippen molar-refractivity contribution in [2.45, 2.75) is 24.3 Å². The molecule has 0 fully saturated rings. The van der Waals surface area contributed by atoms with Crippen LogP contribution in [0, 0.1) is 0 Å². The zero-order chi connectivity index (χ0) is 11.7. The molecule has 1 atom stereocenters. The molecule has 0 saturated carbocycles. The first kappa shape index (κ1) is 11.1.